The van der Waals surface area contributed by atoms with Crippen LogP contribution in [-0.4, -0.2) is 27.4 Å². The quantitative estimate of drug-likeness (QED) is 0.714. The summed E-state index contributed by atoms with van der Waals surface area (Å²) < 4.78 is 27.5. The standard InChI is InChI=1S/C20H18N2O3S/c1-14(20(23)21(2)16-10-4-3-5-11-16)22-17-12-6-8-15-9-7-13-18(19(15)17)26(22,24)25/h3-14H,1-2H3/t14-/m1/s1. The molecule has 1 aliphatic heterocycles. The number of sulfonamides is 1. The SMILES string of the molecule is C[C@H](C(=O)N(C)c1ccccc1)N1c2cccc3cccc(c23)S1(=O)=O. The molecule has 4 rings (SSSR count). The second-order valence-corrected chi connectivity index (χ2v) is 8.12. The van der Waals surface area contributed by atoms with E-state index < -0.39 is 16.1 Å². The lowest BCUT2D eigenvalue weighted by Gasteiger charge is -2.29. The number of hydrogen-bond donors (Lipinski definition) is 0. The molecule has 26 heavy (non-hydrogen) atoms. The number of likely N-dealkylation sites (N-methyl/N-ethyl adjacent to an activating group) is 1. The molecule has 0 aromatic heterocycles. The number of carbonyl (C=O) groups is 1. The fraction of sp³-hybridized carbons (Fsp3) is 0.150. The number of carbonyl (C=O) groups excluding carboxylic acids is 1. The average Bonchev–Trinajstić information content (AvgIpc) is 2.89. The van der Waals surface area contributed by atoms with Gasteiger partial charge in [0.2, 0.25) is 5.91 Å². The van der Waals surface area contributed by atoms with E-state index in [4.69, 9.17) is 0 Å². The summed E-state index contributed by atoms with van der Waals surface area (Å²) in [6.07, 6.45) is 0. The molecule has 1 amide bonds. The van der Waals surface area contributed by atoms with Crippen LogP contribution >= 0.6 is 0 Å². The third-order valence-electron chi connectivity index (χ3n) is 4.80. The zero-order chi connectivity index (χ0) is 18.5. The zero-order valence-electron chi connectivity index (χ0n) is 14.5. The van der Waals surface area contributed by atoms with E-state index in [0.717, 1.165) is 11.1 Å². The van der Waals surface area contributed by atoms with Gasteiger partial charge in [-0.3, -0.25) is 9.10 Å². The Hall–Kier alpha value is -2.86. The molecule has 0 N–H and O–H groups in total. The van der Waals surface area contributed by atoms with E-state index in [0.29, 0.717) is 11.1 Å². The fourth-order valence-corrected chi connectivity index (χ4v) is 5.36. The highest BCUT2D eigenvalue weighted by Crippen LogP contribution is 2.43. The van der Waals surface area contributed by atoms with Gasteiger partial charge >= 0.3 is 0 Å². The molecule has 5 nitrogen and oxygen atoms in total. The Balaban J connectivity index is 1.79. The Morgan fingerprint density at radius 3 is 2.31 bits per heavy atom. The zero-order valence-corrected chi connectivity index (χ0v) is 15.3. The van der Waals surface area contributed by atoms with Crippen LogP contribution in [0, 0.1) is 0 Å². The molecular formula is C20H18N2O3S. The van der Waals surface area contributed by atoms with Gasteiger partial charge in [0.15, 0.2) is 0 Å². The topological polar surface area (TPSA) is 57.7 Å². The van der Waals surface area contributed by atoms with E-state index in [9.17, 15) is 13.2 Å². The second-order valence-electron chi connectivity index (χ2n) is 6.34. The van der Waals surface area contributed by atoms with E-state index in [1.165, 1.54) is 9.21 Å². The van der Waals surface area contributed by atoms with Crippen molar-refractivity contribution in [3.05, 3.63) is 66.7 Å². The maximum absolute atomic E-state index is 13.1. The normalized spacial score (nSPS) is 15.8. The van der Waals surface area contributed by atoms with Crippen molar-refractivity contribution in [1.29, 1.82) is 0 Å². The van der Waals surface area contributed by atoms with E-state index in [1.54, 1.807) is 32.2 Å². The molecule has 0 spiro atoms. The van der Waals surface area contributed by atoms with E-state index in [1.807, 2.05) is 48.5 Å². The minimum atomic E-state index is -3.77. The summed E-state index contributed by atoms with van der Waals surface area (Å²) >= 11 is 0. The minimum absolute atomic E-state index is 0.257. The van der Waals surface area contributed by atoms with Crippen LogP contribution in [0.25, 0.3) is 10.8 Å². The molecule has 0 radical (unpaired) electrons. The van der Waals surface area contributed by atoms with Gasteiger partial charge < -0.3 is 4.90 Å². The third-order valence-corrected chi connectivity index (χ3v) is 6.73. The highest BCUT2D eigenvalue weighted by Gasteiger charge is 2.41. The number of benzene rings is 3. The lowest BCUT2D eigenvalue weighted by Crippen LogP contribution is -2.47. The maximum atomic E-state index is 13.1. The Labute approximate surface area is 152 Å². The lowest BCUT2D eigenvalue weighted by atomic mass is 10.1. The molecule has 0 bridgehead atoms. The molecule has 6 heteroatoms. The summed E-state index contributed by atoms with van der Waals surface area (Å²) in [5.41, 5.74) is 1.28. The van der Waals surface area contributed by atoms with Gasteiger partial charge in [0.25, 0.3) is 10.0 Å². The molecule has 0 fully saturated rings. The molecule has 1 heterocycles. The van der Waals surface area contributed by atoms with Crippen molar-refractivity contribution in [2.75, 3.05) is 16.3 Å². The number of amides is 1. The van der Waals surface area contributed by atoms with E-state index in [-0.39, 0.29) is 10.8 Å². The number of anilines is 2. The van der Waals surface area contributed by atoms with Gasteiger partial charge in [0.05, 0.1) is 10.6 Å². The van der Waals surface area contributed by atoms with Gasteiger partial charge in [0.1, 0.15) is 6.04 Å². The Kier molecular flexibility index (Phi) is 3.73. The Morgan fingerprint density at radius 1 is 0.962 bits per heavy atom. The largest absolute Gasteiger partial charge is 0.314 e. The molecule has 0 saturated carbocycles. The smallest absolute Gasteiger partial charge is 0.265 e. The number of rotatable bonds is 3. The van der Waals surface area contributed by atoms with Crippen LogP contribution in [-0.2, 0) is 14.8 Å². The molecular weight excluding hydrogens is 348 g/mol. The van der Waals surface area contributed by atoms with Crippen LogP contribution in [0.3, 0.4) is 0 Å². The molecule has 0 unspecified atom stereocenters. The first-order chi connectivity index (χ1) is 12.4. The summed E-state index contributed by atoms with van der Waals surface area (Å²) in [5, 5.41) is 1.53. The van der Waals surface area contributed by atoms with Crippen LogP contribution in [0.1, 0.15) is 6.92 Å². The van der Waals surface area contributed by atoms with Gasteiger partial charge in [-0.1, -0.05) is 42.5 Å². The van der Waals surface area contributed by atoms with Crippen molar-refractivity contribution in [3.63, 3.8) is 0 Å². The minimum Gasteiger partial charge on any atom is -0.314 e. The van der Waals surface area contributed by atoms with Crippen molar-refractivity contribution in [2.45, 2.75) is 17.9 Å². The molecule has 1 aliphatic rings. The monoisotopic (exact) mass is 366 g/mol. The Morgan fingerprint density at radius 2 is 1.62 bits per heavy atom. The molecule has 3 aromatic carbocycles. The first-order valence-electron chi connectivity index (χ1n) is 8.32. The molecule has 3 aromatic rings. The summed E-state index contributed by atoms with van der Waals surface area (Å²) in [6, 6.07) is 19.0. The van der Waals surface area contributed by atoms with Gasteiger partial charge in [-0.2, -0.15) is 0 Å². The van der Waals surface area contributed by atoms with E-state index >= 15 is 0 Å². The molecule has 1 atom stereocenters. The van der Waals surface area contributed by atoms with Crippen molar-refractivity contribution in [2.24, 2.45) is 0 Å². The van der Waals surface area contributed by atoms with E-state index in [2.05, 4.69) is 0 Å². The highest BCUT2D eigenvalue weighted by atomic mass is 32.2. The number of nitrogens with zero attached hydrogens (tertiary/aromatic N) is 2. The van der Waals surface area contributed by atoms with Crippen LogP contribution < -0.4 is 9.21 Å². The van der Waals surface area contributed by atoms with Crippen LogP contribution in [0.5, 0.6) is 0 Å². The summed E-state index contributed by atoms with van der Waals surface area (Å²) in [6.45, 7) is 1.63. The fourth-order valence-electron chi connectivity index (χ4n) is 3.50. The molecule has 0 aliphatic carbocycles. The van der Waals surface area contributed by atoms with Crippen molar-refractivity contribution >= 4 is 38.1 Å². The summed E-state index contributed by atoms with van der Waals surface area (Å²) in [5.74, 6) is -0.287. The maximum Gasteiger partial charge on any atom is 0.265 e. The van der Waals surface area contributed by atoms with Gasteiger partial charge in [0, 0.05) is 18.1 Å². The van der Waals surface area contributed by atoms with Crippen LogP contribution in [0.15, 0.2) is 71.6 Å². The average molecular weight is 366 g/mol. The predicted octanol–water partition coefficient (Wildman–Crippen LogP) is 3.40. The predicted molar refractivity (Wildman–Crippen MR) is 103 cm³/mol. The molecule has 0 saturated heterocycles. The summed E-state index contributed by atoms with van der Waals surface area (Å²) in [7, 11) is -2.12. The van der Waals surface area contributed by atoms with Crippen molar-refractivity contribution in [3.8, 4) is 0 Å². The highest BCUT2D eigenvalue weighted by molar-refractivity contribution is 7.93. The molecule has 132 valence electrons. The van der Waals surface area contributed by atoms with Crippen LogP contribution in [0.2, 0.25) is 0 Å². The number of hydrogen-bond acceptors (Lipinski definition) is 3. The van der Waals surface area contributed by atoms with Gasteiger partial charge in [-0.15, -0.1) is 0 Å². The second kappa shape index (κ2) is 5.85. The first-order valence-corrected chi connectivity index (χ1v) is 9.76. The first kappa shape index (κ1) is 16.6. The lowest BCUT2D eigenvalue weighted by molar-refractivity contribution is -0.119. The van der Waals surface area contributed by atoms with Crippen LogP contribution in [0.4, 0.5) is 11.4 Å². The third kappa shape index (κ3) is 2.29. The van der Waals surface area contributed by atoms with Crippen molar-refractivity contribution in [1.82, 2.24) is 0 Å². The Bertz CT molecular complexity index is 1110. The van der Waals surface area contributed by atoms with Gasteiger partial charge in [-0.25, -0.2) is 8.42 Å². The van der Waals surface area contributed by atoms with Crippen molar-refractivity contribution < 1.29 is 13.2 Å². The number of para-hydroxylation sites is 1. The van der Waals surface area contributed by atoms with Gasteiger partial charge in [-0.05, 0) is 36.6 Å². The summed E-state index contributed by atoms with van der Waals surface area (Å²) in [4.78, 5) is 14.8.